The fraction of sp³-hybridized carbons (Fsp3) is 0.143. The Balaban J connectivity index is 2.21. The van der Waals surface area contributed by atoms with Gasteiger partial charge in [0.25, 0.3) is 5.91 Å². The van der Waals surface area contributed by atoms with Gasteiger partial charge in [-0.2, -0.15) is 0 Å². The molecule has 0 saturated heterocycles. The van der Waals surface area contributed by atoms with Gasteiger partial charge in [0.05, 0.1) is 0 Å². The summed E-state index contributed by atoms with van der Waals surface area (Å²) in [7, 11) is 0. The predicted molar refractivity (Wildman–Crippen MR) is 80.9 cm³/mol. The van der Waals surface area contributed by atoms with E-state index in [9.17, 15) is 4.79 Å². The Morgan fingerprint density at radius 1 is 1.35 bits per heavy atom. The predicted octanol–water partition coefficient (Wildman–Crippen LogP) is 2.97. The van der Waals surface area contributed by atoms with Crippen LogP contribution in [0.4, 0.5) is 5.69 Å². The Morgan fingerprint density at radius 2 is 2.15 bits per heavy atom. The van der Waals surface area contributed by atoms with E-state index in [0.29, 0.717) is 29.4 Å². The summed E-state index contributed by atoms with van der Waals surface area (Å²) in [6, 6.07) is 8.54. The van der Waals surface area contributed by atoms with Crippen molar-refractivity contribution in [3.63, 3.8) is 0 Å². The van der Waals surface area contributed by atoms with Gasteiger partial charge >= 0.3 is 0 Å². The van der Waals surface area contributed by atoms with Crippen molar-refractivity contribution in [1.29, 1.82) is 0 Å². The third kappa shape index (κ3) is 3.71. The highest BCUT2D eigenvalue weighted by molar-refractivity contribution is 9.10. The molecule has 1 aromatic carbocycles. The van der Waals surface area contributed by atoms with Crippen molar-refractivity contribution in [2.24, 2.45) is 0 Å². The molecule has 0 spiro atoms. The molecule has 0 atom stereocenters. The monoisotopic (exact) mass is 335 g/mol. The van der Waals surface area contributed by atoms with E-state index in [1.54, 1.807) is 30.3 Å². The van der Waals surface area contributed by atoms with Gasteiger partial charge in [0.1, 0.15) is 17.2 Å². The van der Waals surface area contributed by atoms with Gasteiger partial charge < -0.3 is 15.8 Å². The highest BCUT2D eigenvalue weighted by atomic mass is 79.9. The minimum Gasteiger partial charge on any atom is -0.457 e. The van der Waals surface area contributed by atoms with Gasteiger partial charge in [-0.15, -0.1) is 0 Å². The summed E-state index contributed by atoms with van der Waals surface area (Å²) in [6.07, 6.45) is 1.53. The highest BCUT2D eigenvalue weighted by Crippen LogP contribution is 2.27. The second kappa shape index (κ2) is 6.38. The largest absolute Gasteiger partial charge is 0.457 e. The number of nitrogens with one attached hydrogen (secondary N) is 1. The standard InChI is InChI=1S/C14H14BrN3O2/c1-2-17-14(19)13-8-11(3-4-18-13)20-12-6-9(15)5-10(16)7-12/h3-8H,2,16H2,1H3,(H,17,19). The van der Waals surface area contributed by atoms with Crippen molar-refractivity contribution in [2.75, 3.05) is 12.3 Å². The third-order valence-electron chi connectivity index (χ3n) is 2.43. The van der Waals surface area contributed by atoms with E-state index in [4.69, 9.17) is 10.5 Å². The van der Waals surface area contributed by atoms with Crippen LogP contribution in [-0.4, -0.2) is 17.4 Å². The van der Waals surface area contributed by atoms with Crippen LogP contribution in [0.15, 0.2) is 41.0 Å². The number of nitrogen functional groups attached to an aromatic ring is 1. The number of hydrogen-bond acceptors (Lipinski definition) is 4. The lowest BCUT2D eigenvalue weighted by Crippen LogP contribution is -2.23. The zero-order chi connectivity index (χ0) is 14.5. The molecule has 6 heteroatoms. The van der Waals surface area contributed by atoms with Crippen LogP contribution in [0.1, 0.15) is 17.4 Å². The first-order chi connectivity index (χ1) is 9.58. The topological polar surface area (TPSA) is 77.2 Å². The number of benzene rings is 1. The quantitative estimate of drug-likeness (QED) is 0.842. The number of pyridine rings is 1. The Labute approximate surface area is 125 Å². The minimum atomic E-state index is -0.230. The van der Waals surface area contributed by atoms with E-state index in [1.807, 2.05) is 6.92 Å². The number of aromatic nitrogens is 1. The second-order valence-electron chi connectivity index (χ2n) is 4.06. The molecular weight excluding hydrogens is 322 g/mol. The zero-order valence-electron chi connectivity index (χ0n) is 10.9. The van der Waals surface area contributed by atoms with Gasteiger partial charge in [-0.3, -0.25) is 9.78 Å². The van der Waals surface area contributed by atoms with Gasteiger partial charge in [0.15, 0.2) is 0 Å². The summed E-state index contributed by atoms with van der Waals surface area (Å²) < 4.78 is 6.50. The van der Waals surface area contributed by atoms with Crippen LogP contribution in [0.25, 0.3) is 0 Å². The number of nitrogens with two attached hydrogens (primary N) is 1. The van der Waals surface area contributed by atoms with E-state index in [-0.39, 0.29) is 5.91 Å². The fourth-order valence-electron chi connectivity index (χ4n) is 1.63. The highest BCUT2D eigenvalue weighted by Gasteiger charge is 2.08. The maximum atomic E-state index is 11.7. The lowest BCUT2D eigenvalue weighted by molar-refractivity contribution is 0.0950. The molecule has 5 nitrogen and oxygen atoms in total. The smallest absolute Gasteiger partial charge is 0.270 e. The lowest BCUT2D eigenvalue weighted by Gasteiger charge is -2.08. The Kier molecular flexibility index (Phi) is 4.57. The first-order valence-corrected chi connectivity index (χ1v) is 6.86. The lowest BCUT2D eigenvalue weighted by atomic mass is 10.3. The fourth-order valence-corrected chi connectivity index (χ4v) is 2.12. The number of ether oxygens (including phenoxy) is 1. The summed E-state index contributed by atoms with van der Waals surface area (Å²) in [5.74, 6) is 0.885. The summed E-state index contributed by atoms with van der Waals surface area (Å²) in [5.41, 5.74) is 6.65. The molecule has 0 unspecified atom stereocenters. The van der Waals surface area contributed by atoms with E-state index in [2.05, 4.69) is 26.2 Å². The molecule has 0 fully saturated rings. The van der Waals surface area contributed by atoms with Crippen molar-refractivity contribution in [3.8, 4) is 11.5 Å². The Morgan fingerprint density at radius 3 is 2.85 bits per heavy atom. The first kappa shape index (κ1) is 14.3. The molecule has 0 radical (unpaired) electrons. The molecular formula is C14H14BrN3O2. The number of halogens is 1. The van der Waals surface area contributed by atoms with Crippen molar-refractivity contribution in [1.82, 2.24) is 10.3 Å². The van der Waals surface area contributed by atoms with Gasteiger partial charge in [0, 0.05) is 35.0 Å². The van der Waals surface area contributed by atoms with Crippen LogP contribution in [0.5, 0.6) is 11.5 Å². The van der Waals surface area contributed by atoms with Crippen LogP contribution >= 0.6 is 15.9 Å². The number of carbonyl (C=O) groups excluding carboxylic acids is 1. The summed E-state index contributed by atoms with van der Waals surface area (Å²) in [6.45, 7) is 2.40. The van der Waals surface area contributed by atoms with Crippen LogP contribution in [0, 0.1) is 0 Å². The number of nitrogens with zero attached hydrogens (tertiary/aromatic N) is 1. The third-order valence-corrected chi connectivity index (χ3v) is 2.89. The van der Waals surface area contributed by atoms with Crippen LogP contribution < -0.4 is 15.8 Å². The van der Waals surface area contributed by atoms with Gasteiger partial charge in [-0.25, -0.2) is 0 Å². The van der Waals surface area contributed by atoms with Gasteiger partial charge in [-0.05, 0) is 25.1 Å². The summed E-state index contributed by atoms with van der Waals surface area (Å²) in [5, 5.41) is 2.69. The van der Waals surface area contributed by atoms with Crippen molar-refractivity contribution in [2.45, 2.75) is 6.92 Å². The SMILES string of the molecule is CCNC(=O)c1cc(Oc2cc(N)cc(Br)c2)ccn1. The Bertz CT molecular complexity index is 611. The molecule has 1 amide bonds. The molecule has 20 heavy (non-hydrogen) atoms. The second-order valence-corrected chi connectivity index (χ2v) is 4.97. The van der Waals surface area contributed by atoms with Gasteiger partial charge in [0.2, 0.25) is 0 Å². The van der Waals surface area contributed by atoms with Crippen LogP contribution in [0.2, 0.25) is 0 Å². The van der Waals surface area contributed by atoms with Crippen LogP contribution in [-0.2, 0) is 0 Å². The molecule has 0 aliphatic carbocycles. The number of amides is 1. The number of anilines is 1. The molecule has 104 valence electrons. The van der Waals surface area contributed by atoms with Crippen molar-refractivity contribution < 1.29 is 9.53 Å². The first-order valence-electron chi connectivity index (χ1n) is 6.06. The molecule has 3 N–H and O–H groups in total. The molecule has 2 rings (SSSR count). The van der Waals surface area contributed by atoms with Crippen molar-refractivity contribution >= 4 is 27.5 Å². The number of carbonyl (C=O) groups is 1. The van der Waals surface area contributed by atoms with E-state index in [0.717, 1.165) is 4.47 Å². The maximum absolute atomic E-state index is 11.7. The average Bonchev–Trinajstić information content (AvgIpc) is 2.38. The number of rotatable bonds is 4. The summed E-state index contributed by atoms with van der Waals surface area (Å²) >= 11 is 3.35. The minimum absolute atomic E-state index is 0.230. The molecule has 0 saturated carbocycles. The molecule has 2 aromatic rings. The van der Waals surface area contributed by atoms with Gasteiger partial charge in [-0.1, -0.05) is 15.9 Å². The average molecular weight is 336 g/mol. The van der Waals surface area contributed by atoms with E-state index < -0.39 is 0 Å². The molecule has 1 aromatic heterocycles. The van der Waals surface area contributed by atoms with E-state index >= 15 is 0 Å². The van der Waals surface area contributed by atoms with E-state index in [1.165, 1.54) is 6.20 Å². The Hall–Kier alpha value is -2.08. The normalized spacial score (nSPS) is 10.1. The molecule has 1 heterocycles. The zero-order valence-corrected chi connectivity index (χ0v) is 12.5. The van der Waals surface area contributed by atoms with Crippen molar-refractivity contribution in [3.05, 3.63) is 46.7 Å². The van der Waals surface area contributed by atoms with Crippen LogP contribution in [0.3, 0.4) is 0 Å². The molecule has 0 aliphatic heterocycles. The molecule has 0 aliphatic rings. The molecule has 0 bridgehead atoms. The maximum Gasteiger partial charge on any atom is 0.270 e. The number of hydrogen-bond donors (Lipinski definition) is 2. The summed E-state index contributed by atoms with van der Waals surface area (Å²) in [4.78, 5) is 15.7.